The predicted molar refractivity (Wildman–Crippen MR) is 125 cm³/mol. The Morgan fingerprint density at radius 1 is 0.971 bits per heavy atom. The second kappa shape index (κ2) is 16.1. The van der Waals surface area contributed by atoms with E-state index in [0.717, 1.165) is 19.3 Å². The van der Waals surface area contributed by atoms with Gasteiger partial charge in [0.15, 0.2) is 6.29 Å². The van der Waals surface area contributed by atoms with Crippen molar-refractivity contribution in [1.82, 2.24) is 15.0 Å². The molecule has 0 spiro atoms. The molecular formula is C24H43N3O7. The van der Waals surface area contributed by atoms with E-state index in [9.17, 15) is 20.1 Å². The third-order valence-electron chi connectivity index (χ3n) is 6.22. The van der Waals surface area contributed by atoms with Gasteiger partial charge in [-0.1, -0.05) is 76.3 Å². The molecule has 3 N–H and O–H groups in total. The summed E-state index contributed by atoms with van der Waals surface area (Å²) in [5.74, 6) is -0.253. The summed E-state index contributed by atoms with van der Waals surface area (Å²) in [7, 11) is 1.34. The Bertz CT molecular complexity index is 685. The maximum absolute atomic E-state index is 12.0. The number of hydrogen-bond donors (Lipinski definition) is 3. The number of ether oxygens (including phenoxy) is 3. The largest absolute Gasteiger partial charge is 0.459 e. The molecule has 1 saturated heterocycles. The van der Waals surface area contributed by atoms with E-state index < -0.39 is 30.7 Å². The van der Waals surface area contributed by atoms with Gasteiger partial charge in [-0.2, -0.15) is 0 Å². The van der Waals surface area contributed by atoms with Gasteiger partial charge in [0, 0.05) is 13.5 Å². The Morgan fingerprint density at radius 3 is 2.21 bits per heavy atom. The highest BCUT2D eigenvalue weighted by Crippen LogP contribution is 2.22. The first-order valence-electron chi connectivity index (χ1n) is 12.7. The van der Waals surface area contributed by atoms with Gasteiger partial charge in [-0.3, -0.25) is 4.79 Å². The smallest absolute Gasteiger partial charge is 0.306 e. The second-order valence-electron chi connectivity index (χ2n) is 9.13. The van der Waals surface area contributed by atoms with Gasteiger partial charge in [0.2, 0.25) is 0 Å². The van der Waals surface area contributed by atoms with Crippen molar-refractivity contribution in [2.75, 3.05) is 7.11 Å². The number of nitrogens with zero attached hydrogens (tertiary/aromatic N) is 3. The molecule has 1 aromatic heterocycles. The minimum atomic E-state index is -1.40. The minimum absolute atomic E-state index is 0.0208. The maximum atomic E-state index is 12.0. The number of carbonyl (C=O) groups excluding carboxylic acids is 1. The fraction of sp³-hybridized carbons (Fsp3) is 0.875. The molecule has 0 aromatic carbocycles. The molecular weight excluding hydrogens is 442 g/mol. The van der Waals surface area contributed by atoms with Crippen molar-refractivity contribution < 1.29 is 34.3 Å². The van der Waals surface area contributed by atoms with E-state index in [-0.39, 0.29) is 19.1 Å². The van der Waals surface area contributed by atoms with Crippen LogP contribution in [0.4, 0.5) is 0 Å². The first-order valence-corrected chi connectivity index (χ1v) is 12.7. The van der Waals surface area contributed by atoms with Crippen LogP contribution in [0.1, 0.15) is 89.7 Å². The molecule has 1 aliphatic rings. The molecule has 34 heavy (non-hydrogen) atoms. The first-order chi connectivity index (χ1) is 16.5. The van der Waals surface area contributed by atoms with Gasteiger partial charge < -0.3 is 29.5 Å². The van der Waals surface area contributed by atoms with Crippen LogP contribution >= 0.6 is 0 Å². The van der Waals surface area contributed by atoms with Gasteiger partial charge in [0.05, 0.1) is 12.7 Å². The molecule has 196 valence electrons. The number of rotatable bonds is 17. The zero-order valence-electron chi connectivity index (χ0n) is 20.7. The van der Waals surface area contributed by atoms with Crippen LogP contribution in [0.2, 0.25) is 0 Å². The van der Waals surface area contributed by atoms with E-state index in [4.69, 9.17) is 14.2 Å². The summed E-state index contributed by atoms with van der Waals surface area (Å²) >= 11 is 0. The van der Waals surface area contributed by atoms with Gasteiger partial charge in [0.1, 0.15) is 36.7 Å². The van der Waals surface area contributed by atoms with Crippen molar-refractivity contribution in [3.63, 3.8) is 0 Å². The Kier molecular flexibility index (Phi) is 13.6. The van der Waals surface area contributed by atoms with Crippen molar-refractivity contribution in [2.24, 2.45) is 0 Å². The number of methoxy groups -OCH3 is 1. The fourth-order valence-electron chi connectivity index (χ4n) is 4.10. The predicted octanol–water partition coefficient (Wildman–Crippen LogP) is 2.48. The first kappa shape index (κ1) is 28.6. The number of aliphatic hydroxyl groups excluding tert-OH is 3. The summed E-state index contributed by atoms with van der Waals surface area (Å²) in [5, 5.41) is 37.9. The minimum Gasteiger partial charge on any atom is -0.459 e. The van der Waals surface area contributed by atoms with Crippen molar-refractivity contribution in [2.45, 2.75) is 128 Å². The van der Waals surface area contributed by atoms with Crippen molar-refractivity contribution in [3.05, 3.63) is 11.9 Å². The van der Waals surface area contributed by atoms with E-state index in [0.29, 0.717) is 12.1 Å². The van der Waals surface area contributed by atoms with Gasteiger partial charge >= 0.3 is 5.97 Å². The molecule has 2 heterocycles. The summed E-state index contributed by atoms with van der Waals surface area (Å²) in [5.41, 5.74) is 0.474. The molecule has 10 nitrogen and oxygen atoms in total. The van der Waals surface area contributed by atoms with Gasteiger partial charge in [-0.15, -0.1) is 5.10 Å². The van der Waals surface area contributed by atoms with Crippen LogP contribution in [-0.4, -0.2) is 74.1 Å². The highest BCUT2D eigenvalue weighted by molar-refractivity contribution is 5.69. The summed E-state index contributed by atoms with van der Waals surface area (Å²) in [6.45, 7) is 2.35. The zero-order valence-corrected chi connectivity index (χ0v) is 20.7. The van der Waals surface area contributed by atoms with E-state index >= 15 is 0 Å². The van der Waals surface area contributed by atoms with Crippen LogP contribution in [0.15, 0.2) is 6.20 Å². The lowest BCUT2D eigenvalue weighted by molar-refractivity contribution is -0.292. The molecule has 1 fully saturated rings. The molecule has 2 rings (SSSR count). The number of esters is 1. The molecule has 0 bridgehead atoms. The quantitative estimate of drug-likeness (QED) is 0.224. The third-order valence-corrected chi connectivity index (χ3v) is 6.22. The highest BCUT2D eigenvalue weighted by Gasteiger charge is 2.44. The molecule has 10 heteroatoms. The van der Waals surface area contributed by atoms with Crippen molar-refractivity contribution in [3.8, 4) is 0 Å². The van der Waals surface area contributed by atoms with Crippen LogP contribution < -0.4 is 0 Å². The molecule has 0 saturated carbocycles. The molecule has 1 aromatic rings. The van der Waals surface area contributed by atoms with E-state index in [1.165, 1.54) is 63.2 Å². The SMILES string of the molecule is CCCCCCCCCCCCCC(=O)OCc1cn(C[C@H]2O[C@H](OC)[C@H](O)[C@@H](O)[C@H]2O)nn1. The normalized spacial score (nSPS) is 24.9. The average molecular weight is 486 g/mol. The lowest BCUT2D eigenvalue weighted by Crippen LogP contribution is -2.58. The topological polar surface area (TPSA) is 136 Å². The molecule has 5 atom stereocenters. The lowest BCUT2D eigenvalue weighted by Gasteiger charge is -2.39. The van der Waals surface area contributed by atoms with Gasteiger partial charge in [-0.25, -0.2) is 4.68 Å². The van der Waals surface area contributed by atoms with Crippen LogP contribution in [0.3, 0.4) is 0 Å². The Morgan fingerprint density at radius 2 is 1.59 bits per heavy atom. The Balaban J connectivity index is 1.56. The summed E-state index contributed by atoms with van der Waals surface area (Å²) < 4.78 is 17.2. The monoisotopic (exact) mass is 485 g/mol. The molecule has 0 radical (unpaired) electrons. The van der Waals surface area contributed by atoms with Gasteiger partial charge in [0.25, 0.3) is 0 Å². The number of hydrogen-bond acceptors (Lipinski definition) is 9. The fourth-order valence-corrected chi connectivity index (χ4v) is 4.10. The number of unbranched alkanes of at least 4 members (excludes halogenated alkanes) is 10. The van der Waals surface area contributed by atoms with Crippen LogP contribution in [0, 0.1) is 0 Å². The summed E-state index contributed by atoms with van der Waals surface area (Å²) in [4.78, 5) is 12.0. The molecule has 0 unspecified atom stereocenters. The number of aromatic nitrogens is 3. The zero-order chi connectivity index (χ0) is 24.8. The Hall–Kier alpha value is -1.59. The van der Waals surface area contributed by atoms with Crippen LogP contribution in [0.25, 0.3) is 0 Å². The van der Waals surface area contributed by atoms with Gasteiger partial charge in [-0.05, 0) is 6.42 Å². The van der Waals surface area contributed by atoms with Crippen molar-refractivity contribution >= 4 is 5.97 Å². The standard InChI is InChI=1S/C24H43N3O7/c1-3-4-5-6-7-8-9-10-11-12-13-14-20(28)33-17-18-15-27(26-25-18)16-19-21(29)22(30)23(31)24(32-2)34-19/h15,19,21-24,29-31H,3-14,16-17H2,1-2H3/t19-,21+,22+,23-,24+/m1/s1. The average Bonchev–Trinajstić information content (AvgIpc) is 3.29. The van der Waals surface area contributed by atoms with Crippen molar-refractivity contribution in [1.29, 1.82) is 0 Å². The van der Waals surface area contributed by atoms with Crippen LogP contribution in [0.5, 0.6) is 0 Å². The van der Waals surface area contributed by atoms with E-state index in [2.05, 4.69) is 17.2 Å². The van der Waals surface area contributed by atoms with E-state index in [1.54, 1.807) is 6.20 Å². The molecule has 0 aliphatic carbocycles. The molecule has 1 aliphatic heterocycles. The van der Waals surface area contributed by atoms with E-state index in [1.807, 2.05) is 0 Å². The second-order valence-corrected chi connectivity index (χ2v) is 9.13. The third kappa shape index (κ3) is 9.95. The molecule has 0 amide bonds. The lowest BCUT2D eigenvalue weighted by atomic mass is 9.99. The number of aliphatic hydroxyl groups is 3. The summed E-state index contributed by atoms with van der Waals surface area (Å²) in [6, 6.07) is 0. The van der Waals surface area contributed by atoms with Crippen LogP contribution in [-0.2, 0) is 32.2 Å². The number of carbonyl (C=O) groups is 1. The highest BCUT2D eigenvalue weighted by atomic mass is 16.7. The maximum Gasteiger partial charge on any atom is 0.306 e. The summed E-state index contributed by atoms with van der Waals surface area (Å²) in [6.07, 6.45) is 9.55. The Labute approximate surface area is 202 Å².